The first-order valence-electron chi connectivity index (χ1n) is 3.52. The van der Waals surface area contributed by atoms with Crippen molar-refractivity contribution in [2.75, 3.05) is 0 Å². The predicted octanol–water partition coefficient (Wildman–Crippen LogP) is 2.64. The quantitative estimate of drug-likeness (QED) is 0.509. The highest BCUT2D eigenvalue weighted by Gasteiger charge is 2.34. The summed E-state index contributed by atoms with van der Waals surface area (Å²) in [6.45, 7) is 3.79. The van der Waals surface area contributed by atoms with Crippen molar-refractivity contribution in [3.8, 4) is 6.07 Å². The minimum absolute atomic E-state index is 0.197. The third-order valence-corrected chi connectivity index (χ3v) is 2.81. The van der Waals surface area contributed by atoms with Gasteiger partial charge < -0.3 is 0 Å². The van der Waals surface area contributed by atoms with Crippen LogP contribution in [0.5, 0.6) is 0 Å². The molecule has 0 N–H and O–H groups in total. The van der Waals surface area contributed by atoms with Gasteiger partial charge in [0.15, 0.2) is 0 Å². The molecule has 0 spiro atoms. The summed E-state index contributed by atoms with van der Waals surface area (Å²) in [5, 5.41) is 8.69. The first-order chi connectivity index (χ1) is 5.11. The molecule has 2 heteroatoms. The van der Waals surface area contributed by atoms with Crippen LogP contribution in [-0.2, 0) is 0 Å². The maximum atomic E-state index is 8.88. The Morgan fingerprint density at radius 2 is 2.36 bits per heavy atom. The van der Waals surface area contributed by atoms with E-state index in [0.717, 1.165) is 5.57 Å². The molecule has 58 valence electrons. The lowest BCUT2D eigenvalue weighted by molar-refractivity contribution is 0.540. The van der Waals surface area contributed by atoms with Crippen LogP contribution < -0.4 is 0 Å². The van der Waals surface area contributed by atoms with Crippen LogP contribution in [0.2, 0.25) is 0 Å². The third-order valence-electron chi connectivity index (χ3n) is 2.23. The monoisotopic (exact) mass is 167 g/mol. The largest absolute Gasteiger partial charge is 0.197 e. The van der Waals surface area contributed by atoms with Crippen LogP contribution in [0.4, 0.5) is 0 Å². The summed E-state index contributed by atoms with van der Waals surface area (Å²) < 4.78 is 0. The minimum Gasteiger partial charge on any atom is -0.197 e. The Bertz CT molecular complexity index is 259. The van der Waals surface area contributed by atoms with Gasteiger partial charge in [0.05, 0.1) is 16.9 Å². The fourth-order valence-electron chi connectivity index (χ4n) is 1.03. The zero-order chi connectivity index (χ0) is 8.48. The van der Waals surface area contributed by atoms with E-state index in [1.165, 1.54) is 0 Å². The van der Waals surface area contributed by atoms with Crippen molar-refractivity contribution < 1.29 is 0 Å². The zero-order valence-electron chi connectivity index (χ0n) is 6.63. The summed E-state index contributed by atoms with van der Waals surface area (Å²) in [5.41, 5.74) is 0.513. The second-order valence-corrected chi connectivity index (χ2v) is 3.42. The molecule has 1 aliphatic rings. The van der Waals surface area contributed by atoms with E-state index in [9.17, 15) is 0 Å². The number of nitrogens with zero attached hydrogens (tertiary/aromatic N) is 1. The molecule has 0 amide bonds. The Morgan fingerprint density at radius 1 is 1.73 bits per heavy atom. The lowest BCUT2D eigenvalue weighted by atomic mass is 9.78. The molecule has 1 rings (SSSR count). The average molecular weight is 168 g/mol. The molecular weight excluding hydrogens is 158 g/mol. The number of hydrogen-bond donors (Lipinski definition) is 0. The van der Waals surface area contributed by atoms with Gasteiger partial charge in [-0.15, -0.1) is 11.6 Å². The SMILES string of the molecule is CC1=CC=CC(Cl)C1(C)C#N. The van der Waals surface area contributed by atoms with Gasteiger partial charge in [-0.25, -0.2) is 0 Å². The summed E-state index contributed by atoms with van der Waals surface area (Å²) in [6, 6.07) is 2.23. The Labute approximate surface area is 72.0 Å². The molecule has 2 atom stereocenters. The van der Waals surface area contributed by atoms with Crippen LogP contribution in [0, 0.1) is 16.7 Å². The summed E-state index contributed by atoms with van der Waals surface area (Å²) in [6.07, 6.45) is 5.67. The molecule has 0 aromatic heterocycles. The molecule has 0 saturated carbocycles. The third kappa shape index (κ3) is 1.19. The number of rotatable bonds is 0. The van der Waals surface area contributed by atoms with Crippen LogP contribution in [-0.4, -0.2) is 5.38 Å². The fraction of sp³-hybridized carbons (Fsp3) is 0.444. The van der Waals surface area contributed by atoms with Crippen LogP contribution >= 0.6 is 11.6 Å². The van der Waals surface area contributed by atoms with E-state index >= 15 is 0 Å². The van der Waals surface area contributed by atoms with Gasteiger partial charge in [-0.3, -0.25) is 0 Å². The number of halogens is 1. The van der Waals surface area contributed by atoms with E-state index in [4.69, 9.17) is 16.9 Å². The Kier molecular flexibility index (Phi) is 2.06. The van der Waals surface area contributed by atoms with E-state index in [-0.39, 0.29) is 5.38 Å². The molecule has 1 aliphatic carbocycles. The minimum atomic E-state index is -0.518. The number of hydrogen-bond acceptors (Lipinski definition) is 1. The number of nitriles is 1. The van der Waals surface area contributed by atoms with Gasteiger partial charge in [-0.2, -0.15) is 5.26 Å². The van der Waals surface area contributed by atoms with Crippen molar-refractivity contribution in [1.82, 2.24) is 0 Å². The van der Waals surface area contributed by atoms with Crippen LogP contribution in [0.1, 0.15) is 13.8 Å². The summed E-state index contributed by atoms with van der Waals surface area (Å²) >= 11 is 5.97. The second kappa shape index (κ2) is 2.71. The zero-order valence-corrected chi connectivity index (χ0v) is 7.39. The maximum Gasteiger partial charge on any atom is 0.0953 e. The topological polar surface area (TPSA) is 23.8 Å². The Hall–Kier alpha value is -0.740. The molecule has 0 heterocycles. The van der Waals surface area contributed by atoms with E-state index in [1.807, 2.05) is 32.1 Å². The van der Waals surface area contributed by atoms with E-state index in [0.29, 0.717) is 0 Å². The molecule has 0 radical (unpaired) electrons. The van der Waals surface area contributed by atoms with Crippen molar-refractivity contribution in [3.63, 3.8) is 0 Å². The highest BCUT2D eigenvalue weighted by atomic mass is 35.5. The first kappa shape index (κ1) is 8.36. The molecular formula is C9H10ClN. The summed E-state index contributed by atoms with van der Waals surface area (Å²) in [7, 11) is 0. The second-order valence-electron chi connectivity index (χ2n) is 2.95. The van der Waals surface area contributed by atoms with Gasteiger partial charge in [0, 0.05) is 0 Å². The predicted molar refractivity (Wildman–Crippen MR) is 46.3 cm³/mol. The van der Waals surface area contributed by atoms with Gasteiger partial charge >= 0.3 is 0 Å². The van der Waals surface area contributed by atoms with Gasteiger partial charge in [-0.05, 0) is 13.8 Å². The lowest BCUT2D eigenvalue weighted by Crippen LogP contribution is -2.27. The molecule has 0 fully saturated rings. The Balaban J connectivity index is 3.06. The van der Waals surface area contributed by atoms with Crippen LogP contribution in [0.25, 0.3) is 0 Å². The van der Waals surface area contributed by atoms with Crippen molar-refractivity contribution >= 4 is 11.6 Å². The number of alkyl halides is 1. The summed E-state index contributed by atoms with van der Waals surface area (Å²) in [5.74, 6) is 0. The van der Waals surface area contributed by atoms with Crippen LogP contribution in [0.15, 0.2) is 23.8 Å². The fourth-order valence-corrected chi connectivity index (χ4v) is 1.34. The molecule has 0 aromatic rings. The van der Waals surface area contributed by atoms with Gasteiger partial charge in [0.25, 0.3) is 0 Å². The number of allylic oxidation sites excluding steroid dienone is 4. The van der Waals surface area contributed by atoms with E-state index < -0.39 is 5.41 Å². The molecule has 0 aliphatic heterocycles. The van der Waals surface area contributed by atoms with Crippen molar-refractivity contribution in [1.29, 1.82) is 5.26 Å². The maximum absolute atomic E-state index is 8.88. The molecule has 2 unspecified atom stereocenters. The van der Waals surface area contributed by atoms with E-state index in [1.54, 1.807) is 0 Å². The highest BCUT2D eigenvalue weighted by molar-refractivity contribution is 6.22. The molecule has 0 saturated heterocycles. The molecule has 0 aromatic carbocycles. The van der Waals surface area contributed by atoms with Crippen molar-refractivity contribution in [3.05, 3.63) is 23.8 Å². The standard InChI is InChI=1S/C9H10ClN/c1-7-4-3-5-8(10)9(7,2)6-11/h3-5,8H,1-2H3. The van der Waals surface area contributed by atoms with Gasteiger partial charge in [0.1, 0.15) is 0 Å². The smallest absolute Gasteiger partial charge is 0.0953 e. The van der Waals surface area contributed by atoms with E-state index in [2.05, 4.69) is 6.07 Å². The van der Waals surface area contributed by atoms with Crippen molar-refractivity contribution in [2.45, 2.75) is 19.2 Å². The lowest BCUT2D eigenvalue weighted by Gasteiger charge is -2.28. The average Bonchev–Trinajstić information content (AvgIpc) is 2.00. The normalized spacial score (nSPS) is 36.2. The van der Waals surface area contributed by atoms with Gasteiger partial charge in [-0.1, -0.05) is 23.8 Å². The summed E-state index contributed by atoms with van der Waals surface area (Å²) in [4.78, 5) is 0. The van der Waals surface area contributed by atoms with Crippen molar-refractivity contribution in [2.24, 2.45) is 5.41 Å². The highest BCUT2D eigenvalue weighted by Crippen LogP contribution is 2.36. The molecule has 0 bridgehead atoms. The van der Waals surface area contributed by atoms with Gasteiger partial charge in [0.2, 0.25) is 0 Å². The Morgan fingerprint density at radius 3 is 2.73 bits per heavy atom. The first-order valence-corrected chi connectivity index (χ1v) is 3.96. The van der Waals surface area contributed by atoms with Crippen LogP contribution in [0.3, 0.4) is 0 Å². The molecule has 1 nitrogen and oxygen atoms in total. The molecule has 11 heavy (non-hydrogen) atoms.